The third-order valence-corrected chi connectivity index (χ3v) is 2.75. The molecule has 1 aliphatic heterocycles. The van der Waals surface area contributed by atoms with Gasteiger partial charge in [0.2, 0.25) is 0 Å². The second-order valence-electron chi connectivity index (χ2n) is 5.01. The van der Waals surface area contributed by atoms with Gasteiger partial charge in [0.1, 0.15) is 5.60 Å². The first-order valence-electron chi connectivity index (χ1n) is 4.64. The molecule has 0 radical (unpaired) electrons. The standard InChI is InChI=1S/C10H20O3/c1-8(2)6-10(11,7-12-5)9(3,4)13-8/h11H,6-7H2,1-5H3. The zero-order chi connectivity index (χ0) is 10.3. The van der Waals surface area contributed by atoms with Gasteiger partial charge in [0.05, 0.1) is 17.8 Å². The van der Waals surface area contributed by atoms with Crippen LogP contribution in [-0.4, -0.2) is 35.6 Å². The summed E-state index contributed by atoms with van der Waals surface area (Å²) in [6, 6.07) is 0. The maximum absolute atomic E-state index is 10.3. The van der Waals surface area contributed by atoms with Gasteiger partial charge < -0.3 is 14.6 Å². The van der Waals surface area contributed by atoms with Crippen LogP contribution in [0.15, 0.2) is 0 Å². The van der Waals surface area contributed by atoms with Gasteiger partial charge in [0, 0.05) is 13.5 Å². The largest absolute Gasteiger partial charge is 0.384 e. The molecule has 0 saturated carbocycles. The van der Waals surface area contributed by atoms with Gasteiger partial charge in [-0.3, -0.25) is 0 Å². The zero-order valence-corrected chi connectivity index (χ0v) is 9.18. The van der Waals surface area contributed by atoms with Crippen molar-refractivity contribution < 1.29 is 14.6 Å². The van der Waals surface area contributed by atoms with E-state index in [9.17, 15) is 5.11 Å². The minimum absolute atomic E-state index is 0.267. The molecule has 0 spiro atoms. The maximum atomic E-state index is 10.3. The summed E-state index contributed by atoms with van der Waals surface area (Å²) in [4.78, 5) is 0. The monoisotopic (exact) mass is 188 g/mol. The summed E-state index contributed by atoms with van der Waals surface area (Å²) in [6.45, 7) is 8.11. The SMILES string of the molecule is COCC1(O)CC(C)(C)OC1(C)C. The van der Waals surface area contributed by atoms with Gasteiger partial charge in [0.25, 0.3) is 0 Å². The van der Waals surface area contributed by atoms with Gasteiger partial charge in [-0.15, -0.1) is 0 Å². The average Bonchev–Trinajstić information content (AvgIpc) is 1.96. The Morgan fingerprint density at radius 1 is 1.31 bits per heavy atom. The lowest BCUT2D eigenvalue weighted by Crippen LogP contribution is -2.49. The summed E-state index contributed by atoms with van der Waals surface area (Å²) < 4.78 is 10.8. The number of hydrogen-bond acceptors (Lipinski definition) is 3. The number of methoxy groups -OCH3 is 1. The van der Waals surface area contributed by atoms with Crippen LogP contribution in [0.1, 0.15) is 34.1 Å². The van der Waals surface area contributed by atoms with Crippen LogP contribution in [0.3, 0.4) is 0 Å². The lowest BCUT2D eigenvalue weighted by Gasteiger charge is -2.34. The Morgan fingerprint density at radius 2 is 1.85 bits per heavy atom. The van der Waals surface area contributed by atoms with Gasteiger partial charge in [0.15, 0.2) is 0 Å². The molecule has 1 atom stereocenters. The highest BCUT2D eigenvalue weighted by Crippen LogP contribution is 2.44. The molecule has 0 aromatic rings. The molecule has 0 aliphatic carbocycles. The van der Waals surface area contributed by atoms with E-state index in [4.69, 9.17) is 9.47 Å². The Bertz CT molecular complexity index is 198. The topological polar surface area (TPSA) is 38.7 Å². The Hall–Kier alpha value is -0.120. The molecular weight excluding hydrogens is 168 g/mol. The molecule has 1 rings (SSSR count). The molecule has 1 saturated heterocycles. The van der Waals surface area contributed by atoms with E-state index in [2.05, 4.69) is 0 Å². The smallest absolute Gasteiger partial charge is 0.119 e. The van der Waals surface area contributed by atoms with Gasteiger partial charge in [-0.2, -0.15) is 0 Å². The second kappa shape index (κ2) is 2.94. The summed E-state index contributed by atoms with van der Waals surface area (Å²) in [7, 11) is 1.60. The van der Waals surface area contributed by atoms with E-state index >= 15 is 0 Å². The zero-order valence-electron chi connectivity index (χ0n) is 9.18. The van der Waals surface area contributed by atoms with Gasteiger partial charge in [-0.05, 0) is 27.7 Å². The number of aliphatic hydroxyl groups is 1. The van der Waals surface area contributed by atoms with E-state index in [0.29, 0.717) is 13.0 Å². The van der Waals surface area contributed by atoms with E-state index < -0.39 is 11.2 Å². The van der Waals surface area contributed by atoms with Gasteiger partial charge >= 0.3 is 0 Å². The van der Waals surface area contributed by atoms with Crippen LogP contribution in [0.25, 0.3) is 0 Å². The summed E-state index contributed by atoms with van der Waals surface area (Å²) >= 11 is 0. The summed E-state index contributed by atoms with van der Waals surface area (Å²) in [5.41, 5.74) is -1.67. The normalized spacial score (nSPS) is 36.5. The second-order valence-corrected chi connectivity index (χ2v) is 5.01. The summed E-state index contributed by atoms with van der Waals surface area (Å²) in [6.07, 6.45) is 0.612. The first-order valence-corrected chi connectivity index (χ1v) is 4.64. The number of hydrogen-bond donors (Lipinski definition) is 1. The van der Waals surface area contributed by atoms with E-state index in [1.807, 2.05) is 27.7 Å². The Morgan fingerprint density at radius 3 is 2.15 bits per heavy atom. The highest BCUT2D eigenvalue weighted by Gasteiger charge is 2.56. The summed E-state index contributed by atoms with van der Waals surface area (Å²) in [5, 5.41) is 10.3. The minimum Gasteiger partial charge on any atom is -0.384 e. The molecule has 1 N–H and O–H groups in total. The van der Waals surface area contributed by atoms with Crippen molar-refractivity contribution in [1.82, 2.24) is 0 Å². The van der Waals surface area contributed by atoms with Crippen molar-refractivity contribution in [2.45, 2.75) is 50.9 Å². The lowest BCUT2D eigenvalue weighted by molar-refractivity contribution is -0.145. The molecule has 3 nitrogen and oxygen atoms in total. The molecule has 0 amide bonds. The van der Waals surface area contributed by atoms with Crippen molar-refractivity contribution in [3.63, 3.8) is 0 Å². The molecule has 0 bridgehead atoms. The van der Waals surface area contributed by atoms with Crippen LogP contribution in [0.2, 0.25) is 0 Å². The molecule has 0 aromatic heterocycles. The molecule has 1 fully saturated rings. The molecule has 1 heterocycles. The van der Waals surface area contributed by atoms with Crippen molar-refractivity contribution in [2.24, 2.45) is 0 Å². The van der Waals surface area contributed by atoms with Gasteiger partial charge in [-0.1, -0.05) is 0 Å². The maximum Gasteiger partial charge on any atom is 0.119 e. The van der Waals surface area contributed by atoms with Crippen LogP contribution in [0.4, 0.5) is 0 Å². The van der Waals surface area contributed by atoms with E-state index in [-0.39, 0.29) is 5.60 Å². The van der Waals surface area contributed by atoms with Crippen LogP contribution in [0.5, 0.6) is 0 Å². The Labute approximate surface area is 80.0 Å². The molecule has 1 aliphatic rings. The van der Waals surface area contributed by atoms with Crippen LogP contribution >= 0.6 is 0 Å². The predicted molar refractivity (Wildman–Crippen MR) is 50.7 cm³/mol. The van der Waals surface area contributed by atoms with Crippen molar-refractivity contribution in [3.8, 4) is 0 Å². The van der Waals surface area contributed by atoms with Crippen molar-refractivity contribution in [1.29, 1.82) is 0 Å². The first kappa shape index (κ1) is 11.0. The van der Waals surface area contributed by atoms with E-state index in [0.717, 1.165) is 0 Å². The molecule has 0 aromatic carbocycles. The van der Waals surface area contributed by atoms with Crippen LogP contribution < -0.4 is 0 Å². The number of ether oxygens (including phenoxy) is 2. The van der Waals surface area contributed by atoms with Gasteiger partial charge in [-0.25, -0.2) is 0 Å². The van der Waals surface area contributed by atoms with E-state index in [1.54, 1.807) is 7.11 Å². The highest BCUT2D eigenvalue weighted by atomic mass is 16.6. The molecule has 13 heavy (non-hydrogen) atoms. The Kier molecular flexibility index (Phi) is 2.48. The van der Waals surface area contributed by atoms with Crippen molar-refractivity contribution in [3.05, 3.63) is 0 Å². The quantitative estimate of drug-likeness (QED) is 0.710. The Balaban J connectivity index is 2.86. The van der Waals surface area contributed by atoms with Crippen molar-refractivity contribution in [2.75, 3.05) is 13.7 Å². The fourth-order valence-corrected chi connectivity index (χ4v) is 2.20. The first-order chi connectivity index (χ1) is 5.72. The molecule has 3 heteroatoms. The molecule has 78 valence electrons. The fourth-order valence-electron chi connectivity index (χ4n) is 2.20. The van der Waals surface area contributed by atoms with E-state index in [1.165, 1.54) is 0 Å². The van der Waals surface area contributed by atoms with Crippen LogP contribution in [-0.2, 0) is 9.47 Å². The van der Waals surface area contributed by atoms with Crippen LogP contribution in [0, 0.1) is 0 Å². The third kappa shape index (κ3) is 1.87. The highest BCUT2D eigenvalue weighted by molar-refractivity contribution is 5.06. The third-order valence-electron chi connectivity index (χ3n) is 2.75. The molecular formula is C10H20O3. The number of rotatable bonds is 2. The summed E-state index contributed by atoms with van der Waals surface area (Å²) in [5.74, 6) is 0. The molecule has 1 unspecified atom stereocenters. The predicted octanol–water partition coefficient (Wildman–Crippen LogP) is 1.34. The lowest BCUT2D eigenvalue weighted by atomic mass is 9.83. The average molecular weight is 188 g/mol. The fraction of sp³-hybridized carbons (Fsp3) is 1.00. The minimum atomic E-state index is -0.870. The van der Waals surface area contributed by atoms with Crippen molar-refractivity contribution >= 4 is 0 Å².